The summed E-state index contributed by atoms with van der Waals surface area (Å²) in [6, 6.07) is 8.60. The average molecular weight is 335 g/mol. The van der Waals surface area contributed by atoms with Gasteiger partial charge < -0.3 is 9.47 Å². The van der Waals surface area contributed by atoms with Crippen molar-refractivity contribution in [3.63, 3.8) is 0 Å². The van der Waals surface area contributed by atoms with Crippen molar-refractivity contribution in [2.75, 3.05) is 6.54 Å². The molecule has 0 saturated carbocycles. The standard InChI is InChI=1S/C20H25N5/c1-13(2)21-15(4)19-22-23-20-17(6)24(11-12-25(19)20)16(5)18-9-7-14(3)8-10-18/h7-10,17H,1,5,11-12H2,2-4,6H3/t17-/m1/s1. The van der Waals surface area contributed by atoms with Gasteiger partial charge in [-0.05, 0) is 33.3 Å². The molecule has 0 saturated heterocycles. The smallest absolute Gasteiger partial charge is 0.178 e. The Balaban J connectivity index is 1.88. The van der Waals surface area contributed by atoms with E-state index in [9.17, 15) is 0 Å². The maximum Gasteiger partial charge on any atom is 0.178 e. The van der Waals surface area contributed by atoms with E-state index in [2.05, 4.69) is 75.9 Å². The summed E-state index contributed by atoms with van der Waals surface area (Å²) in [6.07, 6.45) is 0. The lowest BCUT2D eigenvalue weighted by atomic mass is 10.1. The van der Waals surface area contributed by atoms with E-state index in [0.717, 1.165) is 47.4 Å². The van der Waals surface area contributed by atoms with Crippen LogP contribution in [0.15, 0.2) is 48.1 Å². The highest BCUT2D eigenvalue weighted by molar-refractivity contribution is 5.96. The van der Waals surface area contributed by atoms with Crippen LogP contribution >= 0.6 is 0 Å². The Morgan fingerprint density at radius 1 is 1.12 bits per heavy atom. The van der Waals surface area contributed by atoms with Gasteiger partial charge in [0, 0.05) is 24.5 Å². The van der Waals surface area contributed by atoms with Crippen LogP contribution in [0, 0.1) is 6.92 Å². The number of hydrogen-bond donors (Lipinski definition) is 0. The van der Waals surface area contributed by atoms with Crippen molar-refractivity contribution < 1.29 is 0 Å². The molecule has 1 aliphatic heterocycles. The number of fused-ring (bicyclic) bond motifs is 1. The van der Waals surface area contributed by atoms with Crippen LogP contribution in [0.4, 0.5) is 0 Å². The van der Waals surface area contributed by atoms with Gasteiger partial charge in [-0.1, -0.05) is 43.0 Å². The third-order valence-corrected chi connectivity index (χ3v) is 4.60. The van der Waals surface area contributed by atoms with Crippen molar-refractivity contribution in [2.24, 2.45) is 4.99 Å². The molecule has 0 unspecified atom stereocenters. The van der Waals surface area contributed by atoms with Gasteiger partial charge in [-0.15, -0.1) is 10.2 Å². The lowest BCUT2D eigenvalue weighted by Crippen LogP contribution is -2.36. The molecule has 0 bridgehead atoms. The molecule has 5 nitrogen and oxygen atoms in total. The highest BCUT2D eigenvalue weighted by atomic mass is 15.4. The molecule has 5 heteroatoms. The van der Waals surface area contributed by atoms with Crippen molar-refractivity contribution in [2.45, 2.75) is 40.3 Å². The highest BCUT2D eigenvalue weighted by Gasteiger charge is 2.29. The van der Waals surface area contributed by atoms with Crippen LogP contribution in [0.25, 0.3) is 5.70 Å². The minimum Gasteiger partial charge on any atom is -0.360 e. The zero-order chi connectivity index (χ0) is 18.1. The summed E-state index contributed by atoms with van der Waals surface area (Å²) in [5, 5.41) is 8.79. The zero-order valence-electron chi connectivity index (χ0n) is 15.5. The number of aromatic nitrogens is 3. The number of hydrogen-bond acceptors (Lipinski definition) is 4. The van der Waals surface area contributed by atoms with Gasteiger partial charge in [0.25, 0.3) is 0 Å². The van der Waals surface area contributed by atoms with Crippen LogP contribution in [0.5, 0.6) is 0 Å². The maximum absolute atomic E-state index is 4.43. The number of aliphatic imine (C=N–C) groups is 1. The third-order valence-electron chi connectivity index (χ3n) is 4.60. The Hall–Kier alpha value is -2.69. The average Bonchev–Trinajstić information content (AvgIpc) is 3.00. The predicted octanol–water partition coefficient (Wildman–Crippen LogP) is 3.98. The number of nitrogens with zero attached hydrogens (tertiary/aromatic N) is 5. The first kappa shape index (κ1) is 17.1. The molecule has 1 aliphatic rings. The van der Waals surface area contributed by atoms with E-state index in [4.69, 9.17) is 0 Å². The summed E-state index contributed by atoms with van der Waals surface area (Å²) >= 11 is 0. The number of rotatable bonds is 4. The summed E-state index contributed by atoms with van der Waals surface area (Å²) < 4.78 is 2.16. The van der Waals surface area contributed by atoms with Crippen LogP contribution in [0.2, 0.25) is 0 Å². The quantitative estimate of drug-likeness (QED) is 0.794. The first-order valence-corrected chi connectivity index (χ1v) is 8.55. The fourth-order valence-corrected chi connectivity index (χ4v) is 3.27. The SMILES string of the molecule is C=C(C)N=C(C)c1nnc2n1CCN(C(=C)c1ccc(C)cc1)[C@@H]2C. The van der Waals surface area contributed by atoms with Crippen LogP contribution in [-0.4, -0.2) is 31.9 Å². The molecule has 2 heterocycles. The van der Waals surface area contributed by atoms with Gasteiger partial charge in [-0.2, -0.15) is 0 Å². The van der Waals surface area contributed by atoms with Crippen molar-refractivity contribution in [1.82, 2.24) is 19.7 Å². The van der Waals surface area contributed by atoms with Crippen molar-refractivity contribution in [3.05, 3.63) is 65.9 Å². The topological polar surface area (TPSA) is 46.3 Å². The van der Waals surface area contributed by atoms with E-state index in [1.54, 1.807) is 0 Å². The summed E-state index contributed by atoms with van der Waals surface area (Å²) in [6.45, 7) is 17.9. The van der Waals surface area contributed by atoms with Crippen molar-refractivity contribution in [3.8, 4) is 0 Å². The largest absolute Gasteiger partial charge is 0.360 e. The molecule has 1 atom stereocenters. The van der Waals surface area contributed by atoms with Gasteiger partial charge in [-0.25, -0.2) is 0 Å². The fourth-order valence-electron chi connectivity index (χ4n) is 3.27. The molecule has 1 aromatic carbocycles. The minimum absolute atomic E-state index is 0.112. The van der Waals surface area contributed by atoms with Crippen LogP contribution in [0.1, 0.15) is 49.6 Å². The first-order chi connectivity index (χ1) is 11.9. The number of aryl methyl sites for hydroxylation is 1. The second-order valence-corrected chi connectivity index (χ2v) is 6.65. The Labute approximate surface area is 149 Å². The second kappa shape index (κ2) is 6.67. The van der Waals surface area contributed by atoms with Crippen molar-refractivity contribution in [1.29, 1.82) is 0 Å². The zero-order valence-corrected chi connectivity index (χ0v) is 15.5. The van der Waals surface area contributed by atoms with Crippen LogP contribution in [-0.2, 0) is 6.54 Å². The summed E-state index contributed by atoms with van der Waals surface area (Å²) in [7, 11) is 0. The van der Waals surface area contributed by atoms with Gasteiger partial charge in [-0.3, -0.25) is 4.99 Å². The van der Waals surface area contributed by atoms with E-state index in [0.29, 0.717) is 0 Å². The lowest BCUT2D eigenvalue weighted by Gasteiger charge is -2.36. The van der Waals surface area contributed by atoms with Gasteiger partial charge >= 0.3 is 0 Å². The highest BCUT2D eigenvalue weighted by Crippen LogP contribution is 2.31. The Kier molecular flexibility index (Phi) is 4.57. The molecule has 130 valence electrons. The van der Waals surface area contributed by atoms with E-state index < -0.39 is 0 Å². The molecular formula is C20H25N5. The minimum atomic E-state index is 0.112. The number of benzene rings is 1. The normalized spacial score (nSPS) is 17.4. The molecule has 0 amide bonds. The summed E-state index contributed by atoms with van der Waals surface area (Å²) in [4.78, 5) is 6.73. The third kappa shape index (κ3) is 3.27. The maximum atomic E-state index is 4.43. The van der Waals surface area contributed by atoms with Crippen molar-refractivity contribution >= 4 is 11.4 Å². The van der Waals surface area contributed by atoms with E-state index in [-0.39, 0.29) is 6.04 Å². The molecule has 0 fully saturated rings. The fraction of sp³-hybridized carbons (Fsp3) is 0.350. The summed E-state index contributed by atoms with van der Waals surface area (Å²) in [5.74, 6) is 1.77. The van der Waals surface area contributed by atoms with Crippen LogP contribution in [0.3, 0.4) is 0 Å². The molecule has 2 aromatic rings. The molecule has 1 aromatic heterocycles. The van der Waals surface area contributed by atoms with Gasteiger partial charge in [0.1, 0.15) is 0 Å². The van der Waals surface area contributed by atoms with E-state index >= 15 is 0 Å². The molecule has 0 radical (unpaired) electrons. The molecule has 25 heavy (non-hydrogen) atoms. The van der Waals surface area contributed by atoms with E-state index in [1.165, 1.54) is 5.56 Å². The summed E-state index contributed by atoms with van der Waals surface area (Å²) in [5.41, 5.74) is 5.04. The van der Waals surface area contributed by atoms with Gasteiger partial charge in [0.05, 0.1) is 11.8 Å². The first-order valence-electron chi connectivity index (χ1n) is 8.55. The monoisotopic (exact) mass is 335 g/mol. The second-order valence-electron chi connectivity index (χ2n) is 6.65. The molecule has 3 rings (SSSR count). The predicted molar refractivity (Wildman–Crippen MR) is 102 cm³/mol. The Morgan fingerprint density at radius 2 is 1.80 bits per heavy atom. The Bertz CT molecular complexity index is 841. The Morgan fingerprint density at radius 3 is 2.44 bits per heavy atom. The van der Waals surface area contributed by atoms with Gasteiger partial charge in [0.15, 0.2) is 11.6 Å². The molecule has 0 N–H and O–H groups in total. The van der Waals surface area contributed by atoms with Crippen LogP contribution < -0.4 is 0 Å². The van der Waals surface area contributed by atoms with Gasteiger partial charge in [0.2, 0.25) is 0 Å². The number of allylic oxidation sites excluding steroid dienone is 1. The molecule has 0 aliphatic carbocycles. The van der Waals surface area contributed by atoms with E-state index in [1.807, 2.05) is 13.8 Å². The lowest BCUT2D eigenvalue weighted by molar-refractivity contribution is 0.250. The molecular weight excluding hydrogens is 310 g/mol. The molecule has 0 spiro atoms.